The minimum absolute atomic E-state index is 0.172. The number of carbonyl (C=O) groups excluding carboxylic acids is 1. The van der Waals surface area contributed by atoms with Gasteiger partial charge in [-0.15, -0.1) is 11.6 Å². The second-order valence-electron chi connectivity index (χ2n) is 3.93. The molecule has 3 nitrogen and oxygen atoms in total. The molecule has 1 fully saturated rings. The van der Waals surface area contributed by atoms with Crippen LogP contribution < -0.4 is 0 Å². The van der Waals surface area contributed by atoms with Crippen LogP contribution in [0, 0.1) is 11.8 Å². The van der Waals surface area contributed by atoms with Crippen molar-refractivity contribution in [2.45, 2.75) is 13.3 Å². The first-order valence-corrected chi connectivity index (χ1v) is 5.55. The summed E-state index contributed by atoms with van der Waals surface area (Å²) in [5.74, 6) is 1.61. The summed E-state index contributed by atoms with van der Waals surface area (Å²) in [4.78, 5) is 13.4. The Hall–Kier alpha value is -0.280. The third-order valence-corrected chi connectivity index (χ3v) is 3.00. The van der Waals surface area contributed by atoms with E-state index in [1.54, 1.807) is 7.11 Å². The largest absolute Gasteiger partial charge is 0.384 e. The first-order chi connectivity index (χ1) is 6.69. The molecule has 0 aliphatic carbocycles. The van der Waals surface area contributed by atoms with Crippen LogP contribution in [0.3, 0.4) is 0 Å². The smallest absolute Gasteiger partial charge is 0.223 e. The van der Waals surface area contributed by atoms with Crippen LogP contribution in [0.4, 0.5) is 0 Å². The van der Waals surface area contributed by atoms with Crippen LogP contribution in [0.15, 0.2) is 0 Å². The first kappa shape index (κ1) is 11.8. The van der Waals surface area contributed by atoms with Crippen molar-refractivity contribution in [2.75, 3.05) is 32.7 Å². The van der Waals surface area contributed by atoms with Gasteiger partial charge in [0.2, 0.25) is 5.91 Å². The summed E-state index contributed by atoms with van der Waals surface area (Å²) in [5.41, 5.74) is 0. The summed E-state index contributed by atoms with van der Waals surface area (Å²) < 4.78 is 5.12. The molecular formula is C10H18ClNO2. The summed E-state index contributed by atoms with van der Waals surface area (Å²) in [6.07, 6.45) is 0.452. The number of carbonyl (C=O) groups is 1. The summed E-state index contributed by atoms with van der Waals surface area (Å²) >= 11 is 5.54. The van der Waals surface area contributed by atoms with Gasteiger partial charge >= 0.3 is 0 Å². The summed E-state index contributed by atoms with van der Waals surface area (Å²) in [5, 5.41) is 0. The fraction of sp³-hybridized carbons (Fsp3) is 0.900. The number of alkyl halides is 1. The van der Waals surface area contributed by atoms with Crippen LogP contribution in [0.5, 0.6) is 0 Å². The second kappa shape index (κ2) is 5.56. The molecule has 1 amide bonds. The van der Waals surface area contributed by atoms with Crippen molar-refractivity contribution in [3.63, 3.8) is 0 Å². The Morgan fingerprint density at radius 2 is 2.29 bits per heavy atom. The van der Waals surface area contributed by atoms with Crippen LogP contribution in [0.2, 0.25) is 0 Å². The molecule has 0 saturated carbocycles. The zero-order valence-electron chi connectivity index (χ0n) is 8.83. The van der Waals surface area contributed by atoms with Gasteiger partial charge in [-0.1, -0.05) is 6.92 Å². The quantitative estimate of drug-likeness (QED) is 0.669. The van der Waals surface area contributed by atoms with Gasteiger partial charge in [0.1, 0.15) is 0 Å². The number of nitrogens with zero attached hydrogens (tertiary/aromatic N) is 1. The maximum Gasteiger partial charge on any atom is 0.223 e. The average Bonchev–Trinajstić information content (AvgIpc) is 2.49. The van der Waals surface area contributed by atoms with E-state index in [1.807, 2.05) is 4.90 Å². The summed E-state index contributed by atoms with van der Waals surface area (Å²) in [6.45, 7) is 4.58. The molecule has 1 saturated heterocycles. The van der Waals surface area contributed by atoms with Crippen molar-refractivity contribution in [3.05, 3.63) is 0 Å². The van der Waals surface area contributed by atoms with Crippen molar-refractivity contribution in [1.29, 1.82) is 0 Å². The SMILES string of the molecule is COC[C@@H]1CN(C(=O)CCCl)C[C@H]1C. The van der Waals surface area contributed by atoms with E-state index < -0.39 is 0 Å². The Labute approximate surface area is 90.4 Å². The molecule has 0 radical (unpaired) electrons. The van der Waals surface area contributed by atoms with Crippen LogP contribution in [-0.2, 0) is 9.53 Å². The van der Waals surface area contributed by atoms with Gasteiger partial charge < -0.3 is 9.64 Å². The molecule has 1 heterocycles. The van der Waals surface area contributed by atoms with Crippen molar-refractivity contribution in [1.82, 2.24) is 4.90 Å². The monoisotopic (exact) mass is 219 g/mol. The lowest BCUT2D eigenvalue weighted by Crippen LogP contribution is -2.29. The van der Waals surface area contributed by atoms with Crippen LogP contribution in [0.25, 0.3) is 0 Å². The Morgan fingerprint density at radius 3 is 2.86 bits per heavy atom. The molecule has 14 heavy (non-hydrogen) atoms. The number of hydrogen-bond donors (Lipinski definition) is 0. The molecule has 82 valence electrons. The van der Waals surface area contributed by atoms with E-state index in [1.165, 1.54) is 0 Å². The number of likely N-dealkylation sites (tertiary alicyclic amines) is 1. The fourth-order valence-electron chi connectivity index (χ4n) is 1.91. The highest BCUT2D eigenvalue weighted by atomic mass is 35.5. The van der Waals surface area contributed by atoms with E-state index in [9.17, 15) is 4.79 Å². The predicted octanol–water partition coefficient (Wildman–Crippen LogP) is 1.36. The molecule has 0 aromatic heterocycles. The Morgan fingerprint density at radius 1 is 1.57 bits per heavy atom. The lowest BCUT2D eigenvalue weighted by atomic mass is 10.00. The van der Waals surface area contributed by atoms with Crippen LogP contribution in [-0.4, -0.2) is 43.5 Å². The minimum Gasteiger partial charge on any atom is -0.384 e. The van der Waals surface area contributed by atoms with Crippen LogP contribution in [0.1, 0.15) is 13.3 Å². The summed E-state index contributed by atoms with van der Waals surface area (Å²) in [7, 11) is 1.70. The third kappa shape index (κ3) is 2.85. The topological polar surface area (TPSA) is 29.5 Å². The van der Waals surface area contributed by atoms with Gasteiger partial charge in [-0.2, -0.15) is 0 Å². The molecule has 4 heteroatoms. The summed E-state index contributed by atoms with van der Waals surface area (Å²) in [6, 6.07) is 0. The normalized spacial score (nSPS) is 26.9. The van der Waals surface area contributed by atoms with E-state index in [-0.39, 0.29) is 5.91 Å². The number of halogens is 1. The van der Waals surface area contributed by atoms with Crippen LogP contribution >= 0.6 is 11.6 Å². The van der Waals surface area contributed by atoms with E-state index in [0.29, 0.717) is 24.1 Å². The molecule has 0 spiro atoms. The van der Waals surface area contributed by atoms with Crippen molar-refractivity contribution in [3.8, 4) is 0 Å². The van der Waals surface area contributed by atoms with Crippen molar-refractivity contribution < 1.29 is 9.53 Å². The third-order valence-electron chi connectivity index (χ3n) is 2.81. The zero-order chi connectivity index (χ0) is 10.6. The zero-order valence-corrected chi connectivity index (χ0v) is 9.59. The molecule has 0 bridgehead atoms. The average molecular weight is 220 g/mol. The standard InChI is InChI=1S/C10H18ClNO2/c1-8-5-12(10(13)3-4-11)6-9(8)7-14-2/h8-9H,3-7H2,1-2H3/t8-,9+/m1/s1. The Bertz CT molecular complexity index is 199. The highest BCUT2D eigenvalue weighted by molar-refractivity contribution is 6.18. The molecule has 0 aromatic rings. The van der Waals surface area contributed by atoms with Gasteiger partial charge in [0, 0.05) is 38.4 Å². The Kier molecular flexibility index (Phi) is 4.69. The number of ether oxygens (including phenoxy) is 1. The van der Waals surface area contributed by atoms with Gasteiger partial charge in [-0.3, -0.25) is 4.79 Å². The fourth-order valence-corrected chi connectivity index (χ4v) is 2.07. The number of hydrogen-bond acceptors (Lipinski definition) is 2. The molecule has 1 aliphatic heterocycles. The maximum atomic E-state index is 11.5. The van der Waals surface area contributed by atoms with Gasteiger partial charge in [0.15, 0.2) is 0 Å². The molecule has 2 atom stereocenters. The molecular weight excluding hydrogens is 202 g/mol. The number of amides is 1. The highest BCUT2D eigenvalue weighted by Gasteiger charge is 2.31. The lowest BCUT2D eigenvalue weighted by Gasteiger charge is -2.15. The molecule has 1 aliphatic rings. The van der Waals surface area contributed by atoms with E-state index in [4.69, 9.17) is 16.3 Å². The number of rotatable bonds is 4. The number of methoxy groups -OCH3 is 1. The van der Waals surface area contributed by atoms with E-state index in [2.05, 4.69) is 6.92 Å². The minimum atomic E-state index is 0.172. The first-order valence-electron chi connectivity index (χ1n) is 5.01. The molecule has 1 rings (SSSR count). The van der Waals surface area contributed by atoms with Gasteiger partial charge in [-0.25, -0.2) is 0 Å². The highest BCUT2D eigenvalue weighted by Crippen LogP contribution is 2.23. The van der Waals surface area contributed by atoms with Crippen molar-refractivity contribution >= 4 is 17.5 Å². The van der Waals surface area contributed by atoms with E-state index >= 15 is 0 Å². The lowest BCUT2D eigenvalue weighted by molar-refractivity contribution is -0.130. The van der Waals surface area contributed by atoms with Gasteiger partial charge in [-0.05, 0) is 5.92 Å². The second-order valence-corrected chi connectivity index (χ2v) is 4.31. The van der Waals surface area contributed by atoms with Crippen molar-refractivity contribution in [2.24, 2.45) is 11.8 Å². The molecule has 0 aromatic carbocycles. The van der Waals surface area contributed by atoms with Gasteiger partial charge in [0.25, 0.3) is 0 Å². The maximum absolute atomic E-state index is 11.5. The van der Waals surface area contributed by atoms with E-state index in [0.717, 1.165) is 19.7 Å². The molecule has 0 N–H and O–H groups in total. The predicted molar refractivity (Wildman–Crippen MR) is 56.4 cm³/mol. The van der Waals surface area contributed by atoms with Gasteiger partial charge in [0.05, 0.1) is 6.61 Å². The Balaban J connectivity index is 2.41. The molecule has 0 unspecified atom stereocenters.